The van der Waals surface area contributed by atoms with Crippen LogP contribution in [0.2, 0.25) is 0 Å². The number of alkyl halides is 3. The van der Waals surface area contributed by atoms with E-state index in [4.69, 9.17) is 9.90 Å². The van der Waals surface area contributed by atoms with Crippen molar-refractivity contribution < 1.29 is 37.5 Å². The third-order valence-corrected chi connectivity index (χ3v) is 7.11. The Bertz CT molecular complexity index is 1740. The molecule has 0 fully saturated rings. The molecule has 0 aliphatic carbocycles. The lowest BCUT2D eigenvalue weighted by atomic mass is 10.1. The third-order valence-electron chi connectivity index (χ3n) is 7.11. The monoisotopic (exact) mass is 605 g/mol. The number of nitrogens with one attached hydrogen (secondary N) is 1. The van der Waals surface area contributed by atoms with Crippen molar-refractivity contribution in [2.45, 2.75) is 19.3 Å². The van der Waals surface area contributed by atoms with Crippen LogP contribution in [0.1, 0.15) is 31.8 Å². The van der Waals surface area contributed by atoms with Crippen LogP contribution in [0, 0.1) is 0 Å². The molecule has 0 unspecified atom stereocenters. The Hall–Kier alpha value is -5.46. The first-order valence-corrected chi connectivity index (χ1v) is 13.5. The molecule has 0 atom stereocenters. The lowest BCUT2D eigenvalue weighted by Crippen LogP contribution is -2.39. The van der Waals surface area contributed by atoms with Crippen molar-refractivity contribution in [1.82, 2.24) is 19.8 Å². The number of aromatic nitrogens is 2. The van der Waals surface area contributed by atoms with Crippen molar-refractivity contribution in [3.63, 3.8) is 0 Å². The summed E-state index contributed by atoms with van der Waals surface area (Å²) < 4.78 is 31.7. The van der Waals surface area contributed by atoms with Crippen LogP contribution >= 0.6 is 0 Å². The Morgan fingerprint density at radius 3 is 2.18 bits per heavy atom. The van der Waals surface area contributed by atoms with Crippen molar-refractivity contribution >= 4 is 40.4 Å². The number of carboxylic acid groups (broad SMARTS) is 1. The van der Waals surface area contributed by atoms with Crippen LogP contribution in [0.5, 0.6) is 0 Å². The van der Waals surface area contributed by atoms with Crippen molar-refractivity contribution in [3.05, 3.63) is 107 Å². The van der Waals surface area contributed by atoms with Crippen LogP contribution < -0.4 is 4.90 Å². The normalized spacial score (nSPS) is 14.6. The van der Waals surface area contributed by atoms with Gasteiger partial charge in [-0.3, -0.25) is 14.4 Å². The summed E-state index contributed by atoms with van der Waals surface area (Å²) in [5, 5.41) is 7.12. The van der Waals surface area contributed by atoms with Gasteiger partial charge in [0.25, 0.3) is 11.8 Å². The molecule has 10 nitrogen and oxygen atoms in total. The Morgan fingerprint density at radius 1 is 0.864 bits per heavy atom. The number of rotatable bonds is 4. The first-order valence-electron chi connectivity index (χ1n) is 13.5. The van der Waals surface area contributed by atoms with Gasteiger partial charge >= 0.3 is 12.1 Å². The van der Waals surface area contributed by atoms with Crippen molar-refractivity contribution in [2.24, 2.45) is 0 Å². The van der Waals surface area contributed by atoms with Gasteiger partial charge in [0.1, 0.15) is 6.54 Å². The molecule has 13 heteroatoms. The molecule has 2 N–H and O–H groups in total. The lowest BCUT2D eigenvalue weighted by Gasteiger charge is -2.23. The van der Waals surface area contributed by atoms with E-state index in [0.29, 0.717) is 37.3 Å². The number of carboxylic acids is 1. The van der Waals surface area contributed by atoms with Crippen molar-refractivity contribution in [1.29, 1.82) is 0 Å². The smallest absolute Gasteiger partial charge is 0.475 e. The minimum Gasteiger partial charge on any atom is -0.475 e. The predicted molar refractivity (Wildman–Crippen MR) is 154 cm³/mol. The molecule has 3 amide bonds. The number of carbonyl (C=O) groups is 4. The van der Waals surface area contributed by atoms with Crippen LogP contribution in [-0.2, 0) is 22.7 Å². The van der Waals surface area contributed by atoms with E-state index in [2.05, 4.69) is 9.97 Å². The number of benzene rings is 3. The van der Waals surface area contributed by atoms with E-state index in [9.17, 15) is 27.6 Å². The molecule has 2 aliphatic heterocycles. The highest BCUT2D eigenvalue weighted by Gasteiger charge is 2.38. The Balaban J connectivity index is 0.000000493. The molecule has 6 rings (SSSR count). The van der Waals surface area contributed by atoms with Gasteiger partial charge in [-0.2, -0.15) is 13.2 Å². The highest BCUT2D eigenvalue weighted by molar-refractivity contribution is 6.03. The molecular formula is C31H26F3N5O5. The van der Waals surface area contributed by atoms with Crippen LogP contribution in [0.25, 0.3) is 11.0 Å². The van der Waals surface area contributed by atoms with E-state index in [1.165, 1.54) is 0 Å². The van der Waals surface area contributed by atoms with E-state index in [1.807, 2.05) is 60.7 Å². The summed E-state index contributed by atoms with van der Waals surface area (Å²) >= 11 is 0. The minimum atomic E-state index is -5.08. The number of fused-ring (bicyclic) bond motifs is 2. The topological polar surface area (TPSA) is 127 Å². The second kappa shape index (κ2) is 12.4. The fourth-order valence-electron chi connectivity index (χ4n) is 4.88. The van der Waals surface area contributed by atoms with Crippen LogP contribution in [-0.4, -0.2) is 74.4 Å². The number of aliphatic carboxylic acids is 1. The summed E-state index contributed by atoms with van der Waals surface area (Å²) in [4.78, 5) is 60.8. The maximum atomic E-state index is 13.5. The van der Waals surface area contributed by atoms with E-state index < -0.39 is 12.1 Å². The van der Waals surface area contributed by atoms with E-state index in [1.54, 1.807) is 39.2 Å². The third kappa shape index (κ3) is 6.61. The zero-order valence-corrected chi connectivity index (χ0v) is 23.1. The maximum Gasteiger partial charge on any atom is 0.490 e. The number of imidazole rings is 1. The summed E-state index contributed by atoms with van der Waals surface area (Å²) in [6.45, 7) is 1.90. The Labute approximate surface area is 249 Å². The van der Waals surface area contributed by atoms with E-state index in [-0.39, 0.29) is 24.3 Å². The van der Waals surface area contributed by atoms with Gasteiger partial charge in [-0.1, -0.05) is 42.5 Å². The Morgan fingerprint density at radius 2 is 1.50 bits per heavy atom. The molecule has 1 aromatic heterocycles. The summed E-state index contributed by atoms with van der Waals surface area (Å²) in [7, 11) is 0. The SMILES string of the molecule is O=C(O)C(F)(F)F.O=C(c1ccc(CN2C(=O)CN(C(=O)c3ccc4nc[nH]c4c3)Cc3ccccc32)cc1)N1CC=CC1. The zero-order chi connectivity index (χ0) is 31.4. The quantitative estimate of drug-likeness (QED) is 0.332. The highest BCUT2D eigenvalue weighted by atomic mass is 19.4. The summed E-state index contributed by atoms with van der Waals surface area (Å²) in [6.07, 6.45) is 0.477. The second-order valence-electron chi connectivity index (χ2n) is 10.1. The highest BCUT2D eigenvalue weighted by Crippen LogP contribution is 2.28. The molecule has 0 saturated carbocycles. The van der Waals surface area contributed by atoms with Crippen molar-refractivity contribution in [3.8, 4) is 0 Å². The molecule has 44 heavy (non-hydrogen) atoms. The molecule has 0 bridgehead atoms. The first kappa shape index (κ1) is 30.0. The number of anilines is 1. The number of hydrogen-bond donors (Lipinski definition) is 2. The zero-order valence-electron chi connectivity index (χ0n) is 23.1. The summed E-state index contributed by atoms with van der Waals surface area (Å²) in [6, 6.07) is 20.4. The second-order valence-corrected chi connectivity index (χ2v) is 10.1. The van der Waals surface area contributed by atoms with Gasteiger partial charge in [0.15, 0.2) is 0 Å². The number of H-pyrrole nitrogens is 1. The summed E-state index contributed by atoms with van der Waals surface area (Å²) in [5.74, 6) is -3.13. The standard InChI is InChI=1S/C29H25N5O3.C2HF3O2/c35-27-18-33(29(37)22-11-12-24-25(15-22)31-19-30-24)17-23-5-1-2-6-26(23)34(27)16-20-7-9-21(10-8-20)28(36)32-13-3-4-14-32;3-2(4,5)1(6)7/h1-12,15,19H,13-14,16-18H2,(H,30,31);(H,6,7). The Kier molecular flexibility index (Phi) is 8.47. The van der Waals surface area contributed by atoms with Crippen molar-refractivity contribution in [2.75, 3.05) is 24.5 Å². The van der Waals surface area contributed by atoms with Crippen LogP contribution in [0.3, 0.4) is 0 Å². The molecule has 3 heterocycles. The van der Waals surface area contributed by atoms with Gasteiger partial charge in [0.2, 0.25) is 5.91 Å². The molecule has 3 aromatic carbocycles. The molecule has 4 aromatic rings. The average molecular weight is 606 g/mol. The maximum absolute atomic E-state index is 13.5. The number of hydrogen-bond acceptors (Lipinski definition) is 5. The largest absolute Gasteiger partial charge is 0.490 e. The van der Waals surface area contributed by atoms with E-state index in [0.717, 1.165) is 27.8 Å². The number of amides is 3. The fraction of sp³-hybridized carbons (Fsp3) is 0.194. The fourth-order valence-corrected chi connectivity index (χ4v) is 4.88. The molecule has 0 spiro atoms. The van der Waals surface area contributed by atoms with Gasteiger partial charge in [-0.15, -0.1) is 0 Å². The molecular weight excluding hydrogens is 579 g/mol. The average Bonchev–Trinajstić information content (AvgIpc) is 3.69. The first-order chi connectivity index (χ1) is 21.0. The molecule has 0 saturated heterocycles. The predicted octanol–water partition coefficient (Wildman–Crippen LogP) is 4.40. The van der Waals surface area contributed by atoms with Gasteiger partial charge in [-0.05, 0) is 47.5 Å². The van der Waals surface area contributed by atoms with Gasteiger partial charge in [-0.25, -0.2) is 9.78 Å². The minimum absolute atomic E-state index is 0.00443. The molecule has 0 radical (unpaired) electrons. The molecule has 226 valence electrons. The lowest BCUT2D eigenvalue weighted by molar-refractivity contribution is -0.192. The number of nitrogens with zero attached hydrogens (tertiary/aromatic N) is 4. The number of para-hydroxylation sites is 1. The van der Waals surface area contributed by atoms with E-state index >= 15 is 0 Å². The number of aromatic amines is 1. The van der Waals surface area contributed by atoms with Crippen LogP contribution in [0.4, 0.5) is 18.9 Å². The summed E-state index contributed by atoms with van der Waals surface area (Å²) in [5.41, 5.74) is 5.28. The number of halogens is 3. The number of carbonyl (C=O) groups excluding carboxylic acids is 3. The van der Waals surface area contributed by atoms with Gasteiger partial charge < -0.3 is 24.8 Å². The van der Waals surface area contributed by atoms with Crippen LogP contribution in [0.15, 0.2) is 85.2 Å². The molecule has 2 aliphatic rings. The van der Waals surface area contributed by atoms with Gasteiger partial charge in [0, 0.05) is 36.4 Å². The van der Waals surface area contributed by atoms with Gasteiger partial charge in [0.05, 0.1) is 23.9 Å².